The summed E-state index contributed by atoms with van der Waals surface area (Å²) in [5.74, 6) is -0.603. The van der Waals surface area contributed by atoms with E-state index in [0.717, 1.165) is 12.8 Å². The molecule has 1 saturated carbocycles. The van der Waals surface area contributed by atoms with E-state index < -0.39 is 5.97 Å². The van der Waals surface area contributed by atoms with Crippen molar-refractivity contribution in [2.24, 2.45) is 0 Å². The first kappa shape index (κ1) is 13.7. The normalized spacial score (nSPS) is 13.9. The molecule has 0 saturated heterocycles. The molecule has 0 aromatic heterocycles. The quantitative estimate of drug-likeness (QED) is 0.637. The average molecular weight is 283 g/mol. The summed E-state index contributed by atoms with van der Waals surface area (Å²) in [6.45, 7) is 0.0555. The minimum atomic E-state index is -0.511. The zero-order chi connectivity index (χ0) is 13.8. The molecular weight excluding hydrogens is 268 g/mol. The summed E-state index contributed by atoms with van der Waals surface area (Å²) in [5, 5.41) is 3.21. The maximum Gasteiger partial charge on any atom is 0.338 e. The van der Waals surface area contributed by atoms with Crippen molar-refractivity contribution >= 4 is 29.2 Å². The van der Waals surface area contributed by atoms with Crippen LogP contribution in [0.2, 0.25) is 5.02 Å². The highest BCUT2D eigenvalue weighted by atomic mass is 35.5. The molecule has 0 unspecified atom stereocenters. The lowest BCUT2D eigenvalue weighted by Gasteiger charge is -2.06. The van der Waals surface area contributed by atoms with Crippen LogP contribution >= 0.6 is 11.6 Å². The van der Waals surface area contributed by atoms with Gasteiger partial charge in [-0.05, 0) is 31.0 Å². The highest BCUT2D eigenvalue weighted by molar-refractivity contribution is 6.33. The first-order valence-corrected chi connectivity index (χ1v) is 6.45. The van der Waals surface area contributed by atoms with Crippen molar-refractivity contribution in [1.82, 2.24) is 5.32 Å². The van der Waals surface area contributed by atoms with Crippen LogP contribution in [0.15, 0.2) is 18.2 Å². The molecule has 0 bridgehead atoms. The summed E-state index contributed by atoms with van der Waals surface area (Å²) in [7, 11) is 0. The number of hydrogen-bond acceptors (Lipinski definition) is 4. The Bertz CT molecular complexity index is 501. The predicted octanol–water partition coefficient (Wildman–Crippen LogP) is 1.75. The first-order chi connectivity index (χ1) is 9.06. The van der Waals surface area contributed by atoms with Gasteiger partial charge in [0.25, 0.3) is 0 Å². The monoisotopic (exact) mass is 282 g/mol. The van der Waals surface area contributed by atoms with Crippen LogP contribution in [0.5, 0.6) is 0 Å². The molecule has 1 fully saturated rings. The topological polar surface area (TPSA) is 81.4 Å². The fourth-order valence-corrected chi connectivity index (χ4v) is 1.64. The molecule has 102 valence electrons. The van der Waals surface area contributed by atoms with Crippen LogP contribution in [0.25, 0.3) is 0 Å². The van der Waals surface area contributed by atoms with Gasteiger partial charge in [0.05, 0.1) is 22.7 Å². The average Bonchev–Trinajstić information content (AvgIpc) is 3.16. The maximum absolute atomic E-state index is 11.7. The largest absolute Gasteiger partial charge is 0.462 e. The summed E-state index contributed by atoms with van der Waals surface area (Å²) < 4.78 is 5.00. The molecule has 1 amide bonds. The Kier molecular flexibility index (Phi) is 4.27. The van der Waals surface area contributed by atoms with E-state index in [9.17, 15) is 9.59 Å². The van der Waals surface area contributed by atoms with Gasteiger partial charge < -0.3 is 15.8 Å². The van der Waals surface area contributed by atoms with E-state index in [-0.39, 0.29) is 18.9 Å². The predicted molar refractivity (Wildman–Crippen MR) is 71.9 cm³/mol. The molecule has 1 aliphatic rings. The van der Waals surface area contributed by atoms with E-state index >= 15 is 0 Å². The van der Waals surface area contributed by atoms with Gasteiger partial charge in [0.1, 0.15) is 6.61 Å². The van der Waals surface area contributed by atoms with Crippen LogP contribution in [0.1, 0.15) is 29.6 Å². The Labute approximate surface area is 116 Å². The van der Waals surface area contributed by atoms with Crippen LogP contribution in [-0.4, -0.2) is 24.5 Å². The van der Waals surface area contributed by atoms with Crippen molar-refractivity contribution in [2.45, 2.75) is 25.3 Å². The second kappa shape index (κ2) is 5.93. The van der Waals surface area contributed by atoms with Gasteiger partial charge in [-0.2, -0.15) is 0 Å². The fourth-order valence-electron chi connectivity index (χ4n) is 1.52. The minimum absolute atomic E-state index is 0.0555. The molecule has 1 aliphatic carbocycles. The number of ether oxygens (including phenoxy) is 1. The fraction of sp³-hybridized carbons (Fsp3) is 0.385. The van der Waals surface area contributed by atoms with Gasteiger partial charge in [0.2, 0.25) is 5.91 Å². The Hall–Kier alpha value is -1.75. The molecule has 5 nitrogen and oxygen atoms in total. The van der Waals surface area contributed by atoms with E-state index in [0.29, 0.717) is 22.3 Å². The molecular formula is C13H15ClN2O3. The standard InChI is InChI=1S/C13H15ClN2O3/c14-10-4-1-8(7-11(10)15)13(18)19-6-5-12(17)16-9-2-3-9/h1,4,7,9H,2-3,5-6,15H2,(H,16,17). The molecule has 0 heterocycles. The van der Waals surface area contributed by atoms with Crippen molar-refractivity contribution < 1.29 is 14.3 Å². The third kappa shape index (κ3) is 4.13. The highest BCUT2D eigenvalue weighted by Gasteiger charge is 2.23. The molecule has 19 heavy (non-hydrogen) atoms. The number of anilines is 1. The molecule has 1 aromatic rings. The Morgan fingerprint density at radius 1 is 1.42 bits per heavy atom. The lowest BCUT2D eigenvalue weighted by Crippen LogP contribution is -2.26. The minimum Gasteiger partial charge on any atom is -0.462 e. The second-order valence-corrected chi connectivity index (χ2v) is 4.87. The third-order valence-corrected chi connectivity index (χ3v) is 3.08. The molecule has 2 rings (SSSR count). The SMILES string of the molecule is Nc1cc(C(=O)OCCC(=O)NC2CC2)ccc1Cl. The number of hydrogen-bond donors (Lipinski definition) is 2. The number of nitrogens with one attached hydrogen (secondary N) is 1. The van der Waals surface area contributed by atoms with E-state index in [4.69, 9.17) is 22.1 Å². The number of rotatable bonds is 5. The molecule has 0 aliphatic heterocycles. The third-order valence-electron chi connectivity index (χ3n) is 2.74. The number of halogens is 1. The number of nitrogens with two attached hydrogens (primary N) is 1. The van der Waals surface area contributed by atoms with E-state index in [1.54, 1.807) is 0 Å². The van der Waals surface area contributed by atoms with Crippen LogP contribution in [-0.2, 0) is 9.53 Å². The van der Waals surface area contributed by atoms with Crippen molar-refractivity contribution in [3.63, 3.8) is 0 Å². The number of benzene rings is 1. The number of amides is 1. The highest BCUT2D eigenvalue weighted by Crippen LogP contribution is 2.20. The number of esters is 1. The Morgan fingerprint density at radius 3 is 2.79 bits per heavy atom. The number of carbonyl (C=O) groups excluding carboxylic acids is 2. The van der Waals surface area contributed by atoms with E-state index in [1.165, 1.54) is 18.2 Å². The van der Waals surface area contributed by atoms with Gasteiger partial charge >= 0.3 is 5.97 Å². The summed E-state index contributed by atoms with van der Waals surface area (Å²) in [4.78, 5) is 23.0. The van der Waals surface area contributed by atoms with Crippen LogP contribution < -0.4 is 11.1 Å². The molecule has 0 atom stereocenters. The van der Waals surface area contributed by atoms with Crippen LogP contribution in [0, 0.1) is 0 Å². The molecule has 1 aromatic carbocycles. The number of carbonyl (C=O) groups is 2. The van der Waals surface area contributed by atoms with Gasteiger partial charge in [-0.15, -0.1) is 0 Å². The molecule has 3 N–H and O–H groups in total. The van der Waals surface area contributed by atoms with Gasteiger partial charge in [-0.25, -0.2) is 4.79 Å². The van der Waals surface area contributed by atoms with Crippen molar-refractivity contribution in [3.8, 4) is 0 Å². The summed E-state index contributed by atoms with van der Waals surface area (Å²) in [6, 6.07) is 4.84. The zero-order valence-corrected chi connectivity index (χ0v) is 11.1. The van der Waals surface area contributed by atoms with Gasteiger partial charge in [0, 0.05) is 6.04 Å². The maximum atomic E-state index is 11.7. The second-order valence-electron chi connectivity index (χ2n) is 4.46. The molecule has 0 spiro atoms. The van der Waals surface area contributed by atoms with Gasteiger partial charge in [-0.3, -0.25) is 4.79 Å². The lowest BCUT2D eigenvalue weighted by atomic mass is 10.2. The van der Waals surface area contributed by atoms with E-state index in [1.807, 2.05) is 0 Å². The van der Waals surface area contributed by atoms with E-state index in [2.05, 4.69) is 5.32 Å². The van der Waals surface area contributed by atoms with Gasteiger partial charge in [-0.1, -0.05) is 11.6 Å². The lowest BCUT2D eigenvalue weighted by molar-refractivity contribution is -0.121. The smallest absolute Gasteiger partial charge is 0.338 e. The summed E-state index contributed by atoms with van der Waals surface area (Å²) in [6.07, 6.45) is 2.25. The zero-order valence-electron chi connectivity index (χ0n) is 10.3. The van der Waals surface area contributed by atoms with Crippen molar-refractivity contribution in [1.29, 1.82) is 0 Å². The number of nitrogen functional groups attached to an aromatic ring is 1. The molecule has 6 heteroatoms. The summed E-state index contributed by atoms with van der Waals surface area (Å²) >= 11 is 5.76. The van der Waals surface area contributed by atoms with Crippen LogP contribution in [0.4, 0.5) is 5.69 Å². The van der Waals surface area contributed by atoms with Gasteiger partial charge in [0.15, 0.2) is 0 Å². The van der Waals surface area contributed by atoms with Crippen molar-refractivity contribution in [2.75, 3.05) is 12.3 Å². The Morgan fingerprint density at radius 2 is 2.16 bits per heavy atom. The Balaban J connectivity index is 1.76. The van der Waals surface area contributed by atoms with Crippen LogP contribution in [0.3, 0.4) is 0 Å². The first-order valence-electron chi connectivity index (χ1n) is 6.08. The molecule has 0 radical (unpaired) electrons. The van der Waals surface area contributed by atoms with Crippen molar-refractivity contribution in [3.05, 3.63) is 28.8 Å². The summed E-state index contributed by atoms with van der Waals surface area (Å²) in [5.41, 5.74) is 6.24.